The lowest BCUT2D eigenvalue weighted by atomic mass is 10.2. The highest BCUT2D eigenvalue weighted by Crippen LogP contribution is 2.39. The number of halogens is 1. The van der Waals surface area contributed by atoms with Gasteiger partial charge in [-0.3, -0.25) is 0 Å². The molecule has 5 heteroatoms. The van der Waals surface area contributed by atoms with Crippen LogP contribution in [0.25, 0.3) is 5.69 Å². The molecule has 1 aliphatic rings. The van der Waals surface area contributed by atoms with Crippen molar-refractivity contribution < 1.29 is 13.9 Å². The lowest BCUT2D eigenvalue weighted by Crippen LogP contribution is -2.04. The molecule has 0 spiro atoms. The number of hydrogen-bond acceptors (Lipinski definition) is 3. The molecule has 98 valence electrons. The number of ether oxygens (including phenoxy) is 1. The van der Waals surface area contributed by atoms with Crippen molar-refractivity contribution in [2.75, 3.05) is 7.11 Å². The summed E-state index contributed by atoms with van der Waals surface area (Å²) in [5.74, 6) is -0.371. The Hall–Kier alpha value is -2.17. The zero-order valence-electron chi connectivity index (χ0n) is 10.5. The Morgan fingerprint density at radius 3 is 2.95 bits per heavy atom. The smallest absolute Gasteiger partial charge is 0.337 e. The summed E-state index contributed by atoms with van der Waals surface area (Å²) in [7, 11) is 1.30. The van der Waals surface area contributed by atoms with Gasteiger partial charge in [-0.15, -0.1) is 0 Å². The maximum Gasteiger partial charge on any atom is 0.337 e. The molecule has 1 aliphatic carbocycles. The van der Waals surface area contributed by atoms with Crippen molar-refractivity contribution in [3.8, 4) is 5.69 Å². The van der Waals surface area contributed by atoms with Crippen LogP contribution in [-0.2, 0) is 4.74 Å². The topological polar surface area (TPSA) is 44.1 Å². The summed E-state index contributed by atoms with van der Waals surface area (Å²) in [6.07, 6.45) is 5.67. The largest absolute Gasteiger partial charge is 0.465 e. The van der Waals surface area contributed by atoms with Crippen molar-refractivity contribution >= 4 is 5.97 Å². The summed E-state index contributed by atoms with van der Waals surface area (Å²) in [6, 6.07) is 4.14. The van der Waals surface area contributed by atoms with Crippen molar-refractivity contribution in [1.29, 1.82) is 0 Å². The predicted octanol–water partition coefficient (Wildman–Crippen LogP) is 2.68. The molecule has 0 N–H and O–H groups in total. The molecule has 0 aliphatic heterocycles. The van der Waals surface area contributed by atoms with Crippen molar-refractivity contribution in [3.05, 3.63) is 47.8 Å². The van der Waals surface area contributed by atoms with Crippen molar-refractivity contribution in [2.24, 2.45) is 0 Å². The minimum atomic E-state index is -0.483. The van der Waals surface area contributed by atoms with Gasteiger partial charge in [0.2, 0.25) is 0 Å². The average molecular weight is 260 g/mol. The van der Waals surface area contributed by atoms with E-state index >= 15 is 0 Å². The van der Waals surface area contributed by atoms with E-state index in [-0.39, 0.29) is 0 Å². The number of carbonyl (C=O) groups excluding carboxylic acids is 1. The molecule has 1 fully saturated rings. The van der Waals surface area contributed by atoms with Crippen LogP contribution in [0.3, 0.4) is 0 Å². The summed E-state index contributed by atoms with van der Waals surface area (Å²) in [6.45, 7) is 0. The third-order valence-electron chi connectivity index (χ3n) is 3.24. The van der Waals surface area contributed by atoms with E-state index in [0.29, 0.717) is 17.2 Å². The molecule has 0 atom stereocenters. The maximum absolute atomic E-state index is 13.8. The number of hydrogen-bond donors (Lipinski definition) is 0. The molecule has 19 heavy (non-hydrogen) atoms. The number of aromatic nitrogens is 2. The van der Waals surface area contributed by atoms with Gasteiger partial charge >= 0.3 is 5.97 Å². The van der Waals surface area contributed by atoms with E-state index in [9.17, 15) is 9.18 Å². The Labute approximate surface area is 109 Å². The van der Waals surface area contributed by atoms with Crippen LogP contribution < -0.4 is 0 Å². The Morgan fingerprint density at radius 2 is 2.26 bits per heavy atom. The molecule has 1 aromatic heterocycles. The first kappa shape index (κ1) is 11.9. The summed E-state index contributed by atoms with van der Waals surface area (Å²) >= 11 is 0. The fourth-order valence-electron chi connectivity index (χ4n) is 2.02. The van der Waals surface area contributed by atoms with Crippen LogP contribution in [0.2, 0.25) is 0 Å². The normalized spacial score (nSPS) is 14.4. The first-order chi connectivity index (χ1) is 9.19. The highest BCUT2D eigenvalue weighted by Gasteiger charge is 2.26. The van der Waals surface area contributed by atoms with E-state index < -0.39 is 11.8 Å². The monoisotopic (exact) mass is 260 g/mol. The van der Waals surface area contributed by atoms with Gasteiger partial charge < -0.3 is 9.30 Å². The molecule has 0 radical (unpaired) electrons. The van der Waals surface area contributed by atoms with E-state index in [1.54, 1.807) is 10.9 Å². The highest BCUT2D eigenvalue weighted by molar-refractivity contribution is 5.89. The third-order valence-corrected chi connectivity index (χ3v) is 3.24. The molecule has 1 heterocycles. The van der Waals surface area contributed by atoms with Gasteiger partial charge in [0.05, 0.1) is 30.4 Å². The van der Waals surface area contributed by atoms with Crippen LogP contribution in [0.15, 0.2) is 30.7 Å². The van der Waals surface area contributed by atoms with Gasteiger partial charge in [0.15, 0.2) is 0 Å². The molecule has 1 aromatic carbocycles. The number of rotatable bonds is 3. The Bertz CT molecular complexity index is 632. The molecule has 2 aromatic rings. The lowest BCUT2D eigenvalue weighted by molar-refractivity contribution is 0.0600. The zero-order chi connectivity index (χ0) is 13.4. The van der Waals surface area contributed by atoms with Gasteiger partial charge in [-0.25, -0.2) is 14.2 Å². The first-order valence-corrected chi connectivity index (χ1v) is 6.11. The van der Waals surface area contributed by atoms with Gasteiger partial charge in [-0.05, 0) is 31.0 Å². The van der Waals surface area contributed by atoms with Crippen LogP contribution in [-0.4, -0.2) is 22.6 Å². The predicted molar refractivity (Wildman–Crippen MR) is 66.8 cm³/mol. The number of methoxy groups -OCH3 is 1. The van der Waals surface area contributed by atoms with Gasteiger partial charge in [-0.2, -0.15) is 0 Å². The van der Waals surface area contributed by atoms with Crippen LogP contribution >= 0.6 is 0 Å². The maximum atomic E-state index is 13.8. The summed E-state index contributed by atoms with van der Waals surface area (Å²) in [4.78, 5) is 15.7. The second-order valence-electron chi connectivity index (χ2n) is 4.64. The fourth-order valence-corrected chi connectivity index (χ4v) is 2.02. The molecule has 0 bridgehead atoms. The molecule has 1 saturated carbocycles. The van der Waals surface area contributed by atoms with Crippen LogP contribution in [0.4, 0.5) is 4.39 Å². The van der Waals surface area contributed by atoms with Crippen LogP contribution in [0.1, 0.15) is 34.8 Å². The van der Waals surface area contributed by atoms with E-state index in [0.717, 1.165) is 18.5 Å². The second kappa shape index (κ2) is 4.50. The van der Waals surface area contributed by atoms with Crippen LogP contribution in [0, 0.1) is 5.82 Å². The van der Waals surface area contributed by atoms with E-state index in [1.807, 2.05) is 6.20 Å². The standard InChI is InChI=1S/C14H13FN2O2/c1-19-14(18)10-4-5-11(15)13(6-10)17-7-12(16-8-17)9-2-3-9/h4-9H,2-3H2,1H3. The SMILES string of the molecule is COC(=O)c1ccc(F)c(-n2cnc(C3CC3)c2)c1. The summed E-state index contributed by atoms with van der Waals surface area (Å²) < 4.78 is 20.1. The average Bonchev–Trinajstić information content (AvgIpc) is 3.17. The van der Waals surface area contributed by atoms with E-state index in [1.165, 1.54) is 25.3 Å². The molecular formula is C14H13FN2O2. The van der Waals surface area contributed by atoms with Crippen molar-refractivity contribution in [1.82, 2.24) is 9.55 Å². The zero-order valence-corrected chi connectivity index (χ0v) is 10.5. The fraction of sp³-hybridized carbons (Fsp3) is 0.286. The minimum Gasteiger partial charge on any atom is -0.465 e. The van der Waals surface area contributed by atoms with Crippen LogP contribution in [0.5, 0.6) is 0 Å². The number of imidazole rings is 1. The molecule has 3 rings (SSSR count). The molecule has 0 unspecified atom stereocenters. The second-order valence-corrected chi connectivity index (χ2v) is 4.64. The summed E-state index contributed by atoms with van der Waals surface area (Å²) in [5.41, 5.74) is 1.60. The number of esters is 1. The molecular weight excluding hydrogens is 247 g/mol. The van der Waals surface area contributed by atoms with Crippen molar-refractivity contribution in [3.63, 3.8) is 0 Å². The number of carbonyl (C=O) groups is 1. The lowest BCUT2D eigenvalue weighted by Gasteiger charge is -2.06. The minimum absolute atomic E-state index is 0.308. The molecule has 0 amide bonds. The van der Waals surface area contributed by atoms with Gasteiger partial charge in [0.1, 0.15) is 5.82 Å². The third kappa shape index (κ3) is 2.23. The summed E-state index contributed by atoms with van der Waals surface area (Å²) in [5, 5.41) is 0. The molecule has 0 saturated heterocycles. The Kier molecular flexibility index (Phi) is 2.81. The Balaban J connectivity index is 1.99. The van der Waals surface area contributed by atoms with Crippen molar-refractivity contribution in [2.45, 2.75) is 18.8 Å². The Morgan fingerprint density at radius 1 is 1.47 bits per heavy atom. The number of benzene rings is 1. The van der Waals surface area contributed by atoms with Gasteiger partial charge in [0.25, 0.3) is 0 Å². The highest BCUT2D eigenvalue weighted by atomic mass is 19.1. The molecule has 4 nitrogen and oxygen atoms in total. The van der Waals surface area contributed by atoms with E-state index in [4.69, 9.17) is 0 Å². The van der Waals surface area contributed by atoms with Gasteiger partial charge in [0, 0.05) is 12.1 Å². The quantitative estimate of drug-likeness (QED) is 0.797. The van der Waals surface area contributed by atoms with Gasteiger partial charge in [-0.1, -0.05) is 0 Å². The number of nitrogens with zero attached hydrogens (tertiary/aromatic N) is 2. The van der Waals surface area contributed by atoms with E-state index in [2.05, 4.69) is 9.72 Å². The first-order valence-electron chi connectivity index (χ1n) is 6.11.